The number of nitrogens with one attached hydrogen (secondary N) is 1. The lowest BCUT2D eigenvalue weighted by molar-refractivity contribution is -0.142. The van der Waals surface area contributed by atoms with Crippen LogP contribution in [0.4, 0.5) is 18.9 Å². The first kappa shape index (κ1) is 26.9. The molecule has 38 heavy (non-hydrogen) atoms. The minimum Gasteiger partial charge on any atom is -0.366 e. The molecule has 200 valence electrons. The lowest BCUT2D eigenvalue weighted by Crippen LogP contribution is -2.49. The van der Waals surface area contributed by atoms with Crippen LogP contribution in [-0.4, -0.2) is 40.6 Å². The molecule has 4 rings (SSSR count). The molecule has 0 bridgehead atoms. The number of alkyl halides is 3. The van der Waals surface area contributed by atoms with E-state index in [1.165, 1.54) is 17.0 Å². The molecule has 0 saturated heterocycles. The predicted molar refractivity (Wildman–Crippen MR) is 134 cm³/mol. The van der Waals surface area contributed by atoms with Gasteiger partial charge in [-0.05, 0) is 55.5 Å². The number of nitrogens with two attached hydrogens (primary N) is 1. The van der Waals surface area contributed by atoms with E-state index < -0.39 is 42.2 Å². The molecule has 1 heterocycles. The Morgan fingerprint density at radius 3 is 2.47 bits per heavy atom. The van der Waals surface area contributed by atoms with Gasteiger partial charge in [0.05, 0.1) is 0 Å². The van der Waals surface area contributed by atoms with Crippen LogP contribution in [0.3, 0.4) is 0 Å². The number of nitrogens with zero attached hydrogens (tertiary/aromatic N) is 3. The number of para-hydroxylation sites is 1. The van der Waals surface area contributed by atoms with E-state index in [4.69, 9.17) is 5.73 Å². The Bertz CT molecular complexity index is 1340. The largest absolute Gasteiger partial charge is 0.435 e. The lowest BCUT2D eigenvalue weighted by Gasteiger charge is -2.25. The number of amides is 3. The number of benzene rings is 2. The summed E-state index contributed by atoms with van der Waals surface area (Å²) in [4.78, 5) is 39.6. The third-order valence-electron chi connectivity index (χ3n) is 6.58. The molecule has 3 amide bonds. The Morgan fingerprint density at radius 1 is 1.08 bits per heavy atom. The van der Waals surface area contributed by atoms with Crippen LogP contribution >= 0.6 is 0 Å². The number of carbonyl (C=O) groups excluding carboxylic acids is 3. The fourth-order valence-corrected chi connectivity index (χ4v) is 4.71. The van der Waals surface area contributed by atoms with E-state index in [2.05, 4.69) is 10.4 Å². The van der Waals surface area contributed by atoms with Gasteiger partial charge in [-0.3, -0.25) is 19.1 Å². The third-order valence-corrected chi connectivity index (χ3v) is 6.58. The Kier molecular flexibility index (Phi) is 7.84. The van der Waals surface area contributed by atoms with Crippen molar-refractivity contribution in [1.29, 1.82) is 0 Å². The number of likely N-dealkylation sites (N-methyl/N-ethyl adjacent to an activating group) is 1. The predicted octanol–water partition coefficient (Wildman–Crippen LogP) is 3.27. The van der Waals surface area contributed by atoms with E-state index >= 15 is 0 Å². The fourth-order valence-electron chi connectivity index (χ4n) is 4.71. The van der Waals surface area contributed by atoms with E-state index in [-0.39, 0.29) is 24.0 Å². The van der Waals surface area contributed by atoms with Crippen molar-refractivity contribution in [3.05, 3.63) is 82.7 Å². The van der Waals surface area contributed by atoms with E-state index in [1.807, 2.05) is 0 Å². The van der Waals surface area contributed by atoms with E-state index in [1.54, 1.807) is 49.5 Å². The van der Waals surface area contributed by atoms with Crippen LogP contribution in [-0.2, 0) is 41.6 Å². The normalized spacial score (nSPS) is 13.9. The molecule has 2 aromatic carbocycles. The molecule has 0 unspecified atom stereocenters. The molecule has 1 aliphatic carbocycles. The number of aromatic nitrogens is 2. The molecular weight excluding hydrogens is 499 g/mol. The zero-order valence-corrected chi connectivity index (χ0v) is 20.8. The third kappa shape index (κ3) is 6.04. The van der Waals surface area contributed by atoms with Crippen LogP contribution < -0.4 is 16.0 Å². The number of rotatable bonds is 8. The van der Waals surface area contributed by atoms with Gasteiger partial charge in [-0.2, -0.15) is 18.3 Å². The van der Waals surface area contributed by atoms with Crippen molar-refractivity contribution in [2.24, 2.45) is 5.73 Å². The Hall–Kier alpha value is -4.15. The molecule has 0 saturated carbocycles. The topological polar surface area (TPSA) is 110 Å². The SMILES string of the molecule is CN(C(=O)[C@H](Cc1cccc(C(N)=O)c1)NC(=O)Cn1nc(C(F)(F)F)c2c1CCCC2)c1ccccc1. The quantitative estimate of drug-likeness (QED) is 0.469. The summed E-state index contributed by atoms with van der Waals surface area (Å²) >= 11 is 0. The zero-order chi connectivity index (χ0) is 27.4. The van der Waals surface area contributed by atoms with Crippen LogP contribution in [0, 0.1) is 0 Å². The van der Waals surface area contributed by atoms with Crippen molar-refractivity contribution < 1.29 is 27.6 Å². The molecule has 0 aliphatic heterocycles. The number of hydrogen-bond donors (Lipinski definition) is 2. The Morgan fingerprint density at radius 2 is 1.79 bits per heavy atom. The second-order valence-electron chi connectivity index (χ2n) is 9.26. The van der Waals surface area contributed by atoms with Gasteiger partial charge < -0.3 is 16.0 Å². The lowest BCUT2D eigenvalue weighted by atomic mass is 9.95. The van der Waals surface area contributed by atoms with Crippen LogP contribution in [0.2, 0.25) is 0 Å². The molecule has 11 heteroatoms. The highest BCUT2D eigenvalue weighted by atomic mass is 19.4. The van der Waals surface area contributed by atoms with Crippen LogP contribution in [0.25, 0.3) is 0 Å². The monoisotopic (exact) mass is 527 g/mol. The van der Waals surface area contributed by atoms with Crippen molar-refractivity contribution in [3.8, 4) is 0 Å². The number of fused-ring (bicyclic) bond motifs is 1. The molecule has 0 fully saturated rings. The molecule has 1 aliphatic rings. The first-order valence-corrected chi connectivity index (χ1v) is 12.2. The summed E-state index contributed by atoms with van der Waals surface area (Å²) < 4.78 is 41.8. The number of halogens is 3. The summed E-state index contributed by atoms with van der Waals surface area (Å²) in [5, 5.41) is 6.42. The standard InChI is InChI=1S/C27H28F3N5O3/c1-34(19-10-3-2-4-11-19)26(38)21(15-17-8-7-9-18(14-17)25(31)37)32-23(36)16-35-22-13-6-5-12-20(22)24(33-35)27(28,29)30/h2-4,7-11,14,21H,5-6,12-13,15-16H2,1H3,(H2,31,37)(H,32,36)/t21-/m0/s1. The van der Waals surface area contributed by atoms with Gasteiger partial charge in [-0.15, -0.1) is 0 Å². The van der Waals surface area contributed by atoms with Gasteiger partial charge in [-0.25, -0.2) is 0 Å². The van der Waals surface area contributed by atoms with E-state index in [9.17, 15) is 27.6 Å². The molecule has 1 aromatic heterocycles. The highest BCUT2D eigenvalue weighted by Crippen LogP contribution is 2.35. The Balaban J connectivity index is 1.59. The number of hydrogen-bond acceptors (Lipinski definition) is 4. The summed E-state index contributed by atoms with van der Waals surface area (Å²) in [6.07, 6.45) is -2.60. The smallest absolute Gasteiger partial charge is 0.366 e. The average Bonchev–Trinajstić information content (AvgIpc) is 3.27. The van der Waals surface area contributed by atoms with Gasteiger partial charge in [-0.1, -0.05) is 30.3 Å². The molecule has 0 radical (unpaired) electrons. The summed E-state index contributed by atoms with van der Waals surface area (Å²) in [6.45, 7) is -0.460. The number of anilines is 1. The summed E-state index contributed by atoms with van der Waals surface area (Å²) in [5.41, 5.74) is 6.38. The second-order valence-corrected chi connectivity index (χ2v) is 9.26. The van der Waals surface area contributed by atoms with Crippen molar-refractivity contribution in [2.75, 3.05) is 11.9 Å². The highest BCUT2D eigenvalue weighted by Gasteiger charge is 2.39. The highest BCUT2D eigenvalue weighted by molar-refractivity contribution is 5.99. The second kappa shape index (κ2) is 11.1. The maximum Gasteiger partial charge on any atom is 0.435 e. The minimum atomic E-state index is -4.62. The maximum absolute atomic E-state index is 13.6. The summed E-state index contributed by atoms with van der Waals surface area (Å²) in [5.74, 6) is -1.72. The van der Waals surface area contributed by atoms with E-state index in [0.717, 1.165) is 4.68 Å². The maximum atomic E-state index is 13.6. The van der Waals surface area contributed by atoms with Gasteiger partial charge in [0.1, 0.15) is 12.6 Å². The first-order valence-electron chi connectivity index (χ1n) is 12.2. The van der Waals surface area contributed by atoms with Gasteiger partial charge >= 0.3 is 6.18 Å². The van der Waals surface area contributed by atoms with Crippen molar-refractivity contribution in [2.45, 2.75) is 50.9 Å². The van der Waals surface area contributed by atoms with Gasteiger partial charge in [0.15, 0.2) is 5.69 Å². The molecule has 3 N–H and O–H groups in total. The van der Waals surface area contributed by atoms with Crippen molar-refractivity contribution in [3.63, 3.8) is 0 Å². The fraction of sp³-hybridized carbons (Fsp3) is 0.333. The molecule has 3 aromatic rings. The Labute approximate surface area is 217 Å². The van der Waals surface area contributed by atoms with Crippen molar-refractivity contribution in [1.82, 2.24) is 15.1 Å². The van der Waals surface area contributed by atoms with Crippen molar-refractivity contribution >= 4 is 23.4 Å². The average molecular weight is 528 g/mol. The van der Waals surface area contributed by atoms with Crippen LogP contribution in [0.1, 0.15) is 45.7 Å². The van der Waals surface area contributed by atoms with E-state index in [0.29, 0.717) is 36.2 Å². The van der Waals surface area contributed by atoms with Gasteiger partial charge in [0.2, 0.25) is 17.7 Å². The number of carbonyl (C=O) groups is 3. The molecular formula is C27H28F3N5O3. The summed E-state index contributed by atoms with van der Waals surface area (Å²) in [7, 11) is 1.57. The number of primary amides is 1. The zero-order valence-electron chi connectivity index (χ0n) is 20.8. The molecule has 8 nitrogen and oxygen atoms in total. The van der Waals surface area contributed by atoms with Gasteiger partial charge in [0, 0.05) is 36.0 Å². The van der Waals surface area contributed by atoms with Crippen LogP contribution in [0.5, 0.6) is 0 Å². The van der Waals surface area contributed by atoms with Gasteiger partial charge in [0.25, 0.3) is 0 Å². The first-order chi connectivity index (χ1) is 18.0. The molecule has 1 atom stereocenters. The summed E-state index contributed by atoms with van der Waals surface area (Å²) in [6, 6.07) is 14.1. The minimum absolute atomic E-state index is 0.0356. The van der Waals surface area contributed by atoms with Crippen LogP contribution in [0.15, 0.2) is 54.6 Å². The molecule has 0 spiro atoms.